The van der Waals surface area contributed by atoms with Crippen LogP contribution in [0.3, 0.4) is 0 Å². The molecule has 1 nitrogen and oxygen atoms in total. The van der Waals surface area contributed by atoms with Crippen LogP contribution in [0, 0.1) is 11.8 Å². The molecule has 1 saturated heterocycles. The Bertz CT molecular complexity index is 467. The minimum atomic E-state index is 0.258. The Labute approximate surface area is 123 Å². The van der Waals surface area contributed by atoms with Crippen LogP contribution in [0.5, 0.6) is 0 Å². The molecule has 1 heterocycles. The van der Waals surface area contributed by atoms with E-state index in [1.165, 1.54) is 70.0 Å². The molecule has 1 aliphatic heterocycles. The van der Waals surface area contributed by atoms with Crippen molar-refractivity contribution in [1.29, 1.82) is 0 Å². The van der Waals surface area contributed by atoms with E-state index in [2.05, 4.69) is 42.2 Å². The zero-order valence-electron chi connectivity index (χ0n) is 12.5. The van der Waals surface area contributed by atoms with Crippen molar-refractivity contribution in [3.63, 3.8) is 0 Å². The number of likely N-dealkylation sites (tertiary alicyclic amines) is 1. The van der Waals surface area contributed by atoms with Crippen LogP contribution < -0.4 is 4.90 Å². The molecule has 1 aromatic rings. The molecule has 1 N–H and O–H groups in total. The van der Waals surface area contributed by atoms with Crippen LogP contribution in [0.25, 0.3) is 0 Å². The van der Waals surface area contributed by atoms with E-state index in [0.717, 1.165) is 0 Å². The van der Waals surface area contributed by atoms with Crippen LogP contribution in [0.1, 0.15) is 56.9 Å². The summed E-state index contributed by atoms with van der Waals surface area (Å²) in [5, 5.41) is 0. The van der Waals surface area contributed by atoms with Gasteiger partial charge in [-0.1, -0.05) is 30.5 Å². The van der Waals surface area contributed by atoms with Gasteiger partial charge in [0.15, 0.2) is 5.54 Å². The second-order valence-electron chi connectivity index (χ2n) is 6.42. The fourth-order valence-electron chi connectivity index (χ4n) is 3.89. The van der Waals surface area contributed by atoms with Gasteiger partial charge in [0.1, 0.15) is 0 Å². The third-order valence-electron chi connectivity index (χ3n) is 5.06. The largest absolute Gasteiger partial charge is 0.320 e. The van der Waals surface area contributed by atoms with Gasteiger partial charge in [-0.05, 0) is 50.2 Å². The van der Waals surface area contributed by atoms with Crippen molar-refractivity contribution in [2.24, 2.45) is 0 Å². The summed E-state index contributed by atoms with van der Waals surface area (Å²) >= 11 is 0. The average molecular weight is 268 g/mol. The lowest BCUT2D eigenvalue weighted by atomic mass is 9.79. The summed E-state index contributed by atoms with van der Waals surface area (Å²) in [7, 11) is 0. The number of benzene rings is 1. The average Bonchev–Trinajstić information content (AvgIpc) is 2.56. The summed E-state index contributed by atoms with van der Waals surface area (Å²) in [6.45, 7) is 2.67. The maximum absolute atomic E-state index is 3.73. The quantitative estimate of drug-likeness (QED) is 0.747. The Kier molecular flexibility index (Phi) is 4.43. The maximum atomic E-state index is 3.73. The van der Waals surface area contributed by atoms with Crippen LogP contribution in [-0.4, -0.2) is 18.6 Å². The Morgan fingerprint density at radius 3 is 2.15 bits per heavy atom. The molecule has 106 valence electrons. The molecule has 20 heavy (non-hydrogen) atoms. The van der Waals surface area contributed by atoms with Crippen molar-refractivity contribution < 1.29 is 4.90 Å². The van der Waals surface area contributed by atoms with E-state index >= 15 is 0 Å². The van der Waals surface area contributed by atoms with E-state index in [0.29, 0.717) is 0 Å². The monoisotopic (exact) mass is 268 g/mol. The van der Waals surface area contributed by atoms with E-state index in [1.807, 2.05) is 0 Å². The summed E-state index contributed by atoms with van der Waals surface area (Å²) in [6, 6.07) is 10.5. The molecule has 3 rings (SSSR count). The molecule has 0 radical (unpaired) electrons. The Balaban J connectivity index is 1.84. The van der Waals surface area contributed by atoms with Gasteiger partial charge in [0.2, 0.25) is 0 Å². The van der Waals surface area contributed by atoms with Crippen LogP contribution in [-0.2, 0) is 0 Å². The van der Waals surface area contributed by atoms with E-state index in [1.54, 1.807) is 4.90 Å². The van der Waals surface area contributed by atoms with E-state index < -0.39 is 0 Å². The molecular formula is C19H26N+. The summed E-state index contributed by atoms with van der Waals surface area (Å²) in [6.07, 6.45) is 11.0. The molecule has 0 atom stereocenters. The van der Waals surface area contributed by atoms with E-state index in [-0.39, 0.29) is 5.54 Å². The van der Waals surface area contributed by atoms with Gasteiger partial charge >= 0.3 is 0 Å². The van der Waals surface area contributed by atoms with Gasteiger partial charge in [0.25, 0.3) is 0 Å². The topological polar surface area (TPSA) is 4.44 Å². The molecule has 2 aliphatic rings. The van der Waals surface area contributed by atoms with Gasteiger partial charge in [-0.25, -0.2) is 0 Å². The maximum Gasteiger partial charge on any atom is 0.159 e. The highest BCUT2D eigenvalue weighted by molar-refractivity contribution is 5.36. The van der Waals surface area contributed by atoms with Crippen molar-refractivity contribution in [3.8, 4) is 11.8 Å². The Morgan fingerprint density at radius 2 is 1.45 bits per heavy atom. The lowest BCUT2D eigenvalue weighted by Gasteiger charge is -2.41. The van der Waals surface area contributed by atoms with Crippen LogP contribution in [0.2, 0.25) is 0 Å². The number of hydrogen-bond donors (Lipinski definition) is 1. The fraction of sp³-hybridized carbons (Fsp3) is 0.579. The molecule has 2 fully saturated rings. The summed E-state index contributed by atoms with van der Waals surface area (Å²) in [5.41, 5.74) is 1.43. The van der Waals surface area contributed by atoms with Crippen molar-refractivity contribution in [2.45, 2.75) is 56.9 Å². The minimum Gasteiger partial charge on any atom is -0.320 e. The van der Waals surface area contributed by atoms with Gasteiger partial charge in [0.05, 0.1) is 13.1 Å². The standard InChI is InChI=1S/C19H25N/c1-4-10-18(11-5-1)12-15-19(13-6-2-7-14-19)20-16-8-3-9-17-20/h1,4-5,10-11H,2-3,6-9,13-14,16-17H2/p+1. The highest BCUT2D eigenvalue weighted by atomic mass is 15.2. The zero-order chi connectivity index (χ0) is 13.7. The minimum absolute atomic E-state index is 0.258. The first-order valence-corrected chi connectivity index (χ1v) is 8.32. The first kappa shape index (κ1) is 13.7. The lowest BCUT2D eigenvalue weighted by molar-refractivity contribution is -0.949. The smallest absolute Gasteiger partial charge is 0.159 e. The predicted molar refractivity (Wildman–Crippen MR) is 83.7 cm³/mol. The number of hydrogen-bond acceptors (Lipinski definition) is 0. The second kappa shape index (κ2) is 6.46. The van der Waals surface area contributed by atoms with Gasteiger partial charge in [-0.2, -0.15) is 0 Å². The normalized spacial score (nSPS) is 22.8. The van der Waals surface area contributed by atoms with Crippen LogP contribution in [0.15, 0.2) is 30.3 Å². The van der Waals surface area contributed by atoms with Gasteiger partial charge in [0, 0.05) is 18.4 Å². The number of quaternary nitrogens is 1. The number of rotatable bonds is 1. The molecule has 0 amide bonds. The molecule has 0 unspecified atom stereocenters. The zero-order valence-corrected chi connectivity index (χ0v) is 12.5. The van der Waals surface area contributed by atoms with Crippen molar-refractivity contribution >= 4 is 0 Å². The molecule has 0 aromatic heterocycles. The van der Waals surface area contributed by atoms with Gasteiger partial charge in [-0.15, -0.1) is 0 Å². The van der Waals surface area contributed by atoms with Crippen molar-refractivity contribution in [3.05, 3.63) is 35.9 Å². The first-order valence-electron chi connectivity index (χ1n) is 8.32. The molecule has 1 heteroatoms. The third-order valence-corrected chi connectivity index (χ3v) is 5.06. The number of nitrogens with one attached hydrogen (secondary N) is 1. The van der Waals surface area contributed by atoms with Crippen molar-refractivity contribution in [1.82, 2.24) is 0 Å². The summed E-state index contributed by atoms with van der Waals surface area (Å²) in [5.74, 6) is 7.22. The SMILES string of the molecule is C(#CC1([NH+]2CCCCC2)CCCCC1)c1ccccc1. The number of piperidine rings is 1. The van der Waals surface area contributed by atoms with E-state index in [9.17, 15) is 0 Å². The third kappa shape index (κ3) is 3.07. The first-order chi connectivity index (χ1) is 9.89. The Hall–Kier alpha value is -1.26. The predicted octanol–water partition coefficient (Wildman–Crippen LogP) is 2.81. The molecule has 1 saturated carbocycles. The molecule has 0 spiro atoms. The van der Waals surface area contributed by atoms with E-state index in [4.69, 9.17) is 0 Å². The van der Waals surface area contributed by atoms with Crippen LogP contribution >= 0.6 is 0 Å². The lowest BCUT2D eigenvalue weighted by Crippen LogP contribution is -3.20. The van der Waals surface area contributed by atoms with Gasteiger partial charge < -0.3 is 4.90 Å². The molecular weight excluding hydrogens is 242 g/mol. The highest BCUT2D eigenvalue weighted by Gasteiger charge is 2.40. The Morgan fingerprint density at radius 1 is 0.800 bits per heavy atom. The fourth-order valence-corrected chi connectivity index (χ4v) is 3.89. The van der Waals surface area contributed by atoms with Crippen molar-refractivity contribution in [2.75, 3.05) is 13.1 Å². The summed E-state index contributed by atoms with van der Waals surface area (Å²) < 4.78 is 0. The summed E-state index contributed by atoms with van der Waals surface area (Å²) in [4.78, 5) is 1.78. The molecule has 0 bridgehead atoms. The molecule has 1 aromatic carbocycles. The highest BCUT2D eigenvalue weighted by Crippen LogP contribution is 2.26. The molecule has 1 aliphatic carbocycles. The van der Waals surface area contributed by atoms with Gasteiger partial charge in [-0.3, -0.25) is 0 Å². The van der Waals surface area contributed by atoms with Crippen LogP contribution in [0.4, 0.5) is 0 Å². The second-order valence-corrected chi connectivity index (χ2v) is 6.42.